The Kier molecular flexibility index (Phi) is 7.61. The minimum atomic E-state index is -0.489. The van der Waals surface area contributed by atoms with Crippen LogP contribution in [-0.2, 0) is 5.41 Å². The summed E-state index contributed by atoms with van der Waals surface area (Å²) < 4.78 is 2.63. The minimum Gasteiger partial charge on any atom is -0.228 e. The topological polar surface area (TPSA) is 25.8 Å². The minimum absolute atomic E-state index is 0.489. The lowest BCUT2D eigenvalue weighted by atomic mass is 9.67. The zero-order valence-electron chi connectivity index (χ0n) is 30.4. The van der Waals surface area contributed by atoms with E-state index in [0.717, 1.165) is 28.1 Å². The number of aromatic nitrogens is 2. The number of nitrogens with zero attached hydrogens (tertiary/aromatic N) is 2. The molecule has 0 atom stereocenters. The highest BCUT2D eigenvalue weighted by atomic mass is 32.1. The second-order valence-electron chi connectivity index (χ2n) is 14.5. The van der Waals surface area contributed by atoms with Crippen LogP contribution in [0.5, 0.6) is 0 Å². The van der Waals surface area contributed by atoms with Gasteiger partial charge in [0.15, 0.2) is 5.82 Å². The fourth-order valence-electron chi connectivity index (χ4n) is 8.80. The van der Waals surface area contributed by atoms with Crippen molar-refractivity contribution in [2.75, 3.05) is 0 Å². The molecule has 0 unspecified atom stereocenters. The number of benzene rings is 8. The van der Waals surface area contributed by atoms with Crippen LogP contribution in [0.25, 0.3) is 76.3 Å². The molecule has 11 rings (SSSR count). The van der Waals surface area contributed by atoms with E-state index in [0.29, 0.717) is 5.82 Å². The van der Waals surface area contributed by atoms with Crippen LogP contribution in [0.1, 0.15) is 22.3 Å². The van der Waals surface area contributed by atoms with Crippen molar-refractivity contribution in [1.29, 1.82) is 0 Å². The van der Waals surface area contributed by atoms with E-state index in [1.54, 1.807) is 0 Å². The van der Waals surface area contributed by atoms with Gasteiger partial charge < -0.3 is 0 Å². The summed E-state index contributed by atoms with van der Waals surface area (Å²) in [5.74, 6) is 0.707. The zero-order chi connectivity index (χ0) is 37.1. The Morgan fingerprint density at radius 3 is 1.64 bits per heavy atom. The molecule has 0 saturated heterocycles. The normalized spacial score (nSPS) is 12.8. The Morgan fingerprint density at radius 1 is 0.339 bits per heavy atom. The van der Waals surface area contributed by atoms with Crippen LogP contribution in [0, 0.1) is 0 Å². The van der Waals surface area contributed by atoms with E-state index >= 15 is 0 Å². The molecule has 262 valence electrons. The van der Waals surface area contributed by atoms with E-state index in [1.807, 2.05) is 29.5 Å². The molecule has 3 heteroatoms. The van der Waals surface area contributed by atoms with Gasteiger partial charge in [-0.2, -0.15) is 0 Å². The number of hydrogen-bond donors (Lipinski definition) is 0. The highest BCUT2D eigenvalue weighted by Crippen LogP contribution is 2.56. The summed E-state index contributed by atoms with van der Waals surface area (Å²) in [6, 6.07) is 74.5. The predicted molar refractivity (Wildman–Crippen MR) is 234 cm³/mol. The fourth-order valence-corrected chi connectivity index (χ4v) is 9.95. The van der Waals surface area contributed by atoms with Crippen molar-refractivity contribution >= 4 is 31.5 Å². The van der Waals surface area contributed by atoms with Crippen LogP contribution < -0.4 is 0 Å². The Morgan fingerprint density at radius 2 is 0.893 bits per heavy atom. The summed E-state index contributed by atoms with van der Waals surface area (Å²) in [6.07, 6.45) is 0. The second kappa shape index (κ2) is 13.1. The summed E-state index contributed by atoms with van der Waals surface area (Å²) in [5.41, 5.74) is 14.3. The first-order valence-corrected chi connectivity index (χ1v) is 19.9. The molecular formula is C53H34N2S. The smallest absolute Gasteiger partial charge is 0.160 e. The lowest BCUT2D eigenvalue weighted by molar-refractivity contribution is 0.768. The Labute approximate surface area is 330 Å². The molecule has 1 aliphatic carbocycles. The predicted octanol–water partition coefficient (Wildman–Crippen LogP) is 13.9. The number of thiophene rings is 1. The third-order valence-electron chi connectivity index (χ3n) is 11.4. The molecule has 0 saturated carbocycles. The average molecular weight is 731 g/mol. The lowest BCUT2D eigenvalue weighted by Crippen LogP contribution is -2.28. The lowest BCUT2D eigenvalue weighted by Gasteiger charge is -2.34. The van der Waals surface area contributed by atoms with Gasteiger partial charge in [0.2, 0.25) is 0 Å². The SMILES string of the molecule is c1ccc(-c2nc(-c3ccc(-c4ccc5c(c4)sc4ccccc45)cc3)cc(-c3ccc4c(c3)C(c3ccccc3)(c3ccccc3)c3ccccc3-4)n2)cc1. The van der Waals surface area contributed by atoms with Gasteiger partial charge in [0, 0.05) is 36.9 Å². The Balaban J connectivity index is 1.06. The summed E-state index contributed by atoms with van der Waals surface area (Å²) in [5, 5.41) is 2.63. The van der Waals surface area contributed by atoms with Gasteiger partial charge >= 0.3 is 0 Å². The third-order valence-corrected chi connectivity index (χ3v) is 12.5. The van der Waals surface area contributed by atoms with E-state index in [-0.39, 0.29) is 0 Å². The van der Waals surface area contributed by atoms with E-state index in [4.69, 9.17) is 9.97 Å². The van der Waals surface area contributed by atoms with Crippen molar-refractivity contribution in [3.8, 4) is 56.2 Å². The van der Waals surface area contributed by atoms with Gasteiger partial charge in [-0.25, -0.2) is 9.97 Å². The van der Waals surface area contributed by atoms with Crippen LogP contribution in [0.15, 0.2) is 206 Å². The van der Waals surface area contributed by atoms with Crippen molar-refractivity contribution in [2.24, 2.45) is 0 Å². The molecule has 2 aromatic heterocycles. The molecule has 8 aromatic carbocycles. The van der Waals surface area contributed by atoms with Gasteiger partial charge in [-0.15, -0.1) is 11.3 Å². The van der Waals surface area contributed by atoms with Crippen molar-refractivity contribution in [2.45, 2.75) is 5.41 Å². The molecule has 0 N–H and O–H groups in total. The average Bonchev–Trinajstić information content (AvgIpc) is 3.80. The zero-order valence-corrected chi connectivity index (χ0v) is 31.2. The molecule has 0 spiro atoms. The summed E-state index contributed by atoms with van der Waals surface area (Å²) >= 11 is 1.85. The highest BCUT2D eigenvalue weighted by molar-refractivity contribution is 7.25. The molecule has 56 heavy (non-hydrogen) atoms. The number of rotatable bonds is 6. The molecule has 2 nitrogen and oxygen atoms in total. The molecule has 0 amide bonds. The monoisotopic (exact) mass is 730 g/mol. The summed E-state index contributed by atoms with van der Waals surface area (Å²) in [6.45, 7) is 0. The molecule has 0 radical (unpaired) electrons. The van der Waals surface area contributed by atoms with Gasteiger partial charge in [-0.1, -0.05) is 182 Å². The van der Waals surface area contributed by atoms with Crippen LogP contribution in [0.4, 0.5) is 0 Å². The van der Waals surface area contributed by atoms with Crippen molar-refractivity contribution in [3.63, 3.8) is 0 Å². The van der Waals surface area contributed by atoms with Gasteiger partial charge in [-0.3, -0.25) is 0 Å². The first kappa shape index (κ1) is 32.5. The van der Waals surface area contributed by atoms with Crippen LogP contribution >= 0.6 is 11.3 Å². The second-order valence-corrected chi connectivity index (χ2v) is 15.6. The number of hydrogen-bond acceptors (Lipinski definition) is 3. The standard InChI is InChI=1S/C53H34N2S/c1-4-14-37(15-5-1)52-54-48(36-26-24-35(25-27-36)38-28-31-45-44-21-11-13-23-50(44)56-51(45)33-38)34-49(55-52)39-29-30-43-42-20-10-12-22-46(42)53(47(43)32-39,40-16-6-2-7-17-40)41-18-8-3-9-19-41/h1-34H. The maximum Gasteiger partial charge on any atom is 0.160 e. The molecule has 10 aromatic rings. The maximum absolute atomic E-state index is 5.27. The first-order chi connectivity index (χ1) is 27.7. The molecular weight excluding hydrogens is 697 g/mol. The van der Waals surface area contributed by atoms with E-state index < -0.39 is 5.41 Å². The molecule has 0 fully saturated rings. The molecule has 2 heterocycles. The molecule has 0 bridgehead atoms. The maximum atomic E-state index is 5.27. The van der Waals surface area contributed by atoms with Crippen molar-refractivity contribution in [1.82, 2.24) is 9.97 Å². The molecule has 1 aliphatic rings. The first-order valence-electron chi connectivity index (χ1n) is 19.1. The van der Waals surface area contributed by atoms with Gasteiger partial charge in [-0.05, 0) is 68.8 Å². The van der Waals surface area contributed by atoms with Crippen LogP contribution in [0.2, 0.25) is 0 Å². The van der Waals surface area contributed by atoms with Crippen molar-refractivity contribution < 1.29 is 0 Å². The van der Waals surface area contributed by atoms with Crippen LogP contribution in [-0.4, -0.2) is 9.97 Å². The number of fused-ring (bicyclic) bond motifs is 6. The van der Waals surface area contributed by atoms with Gasteiger partial charge in [0.25, 0.3) is 0 Å². The van der Waals surface area contributed by atoms with Gasteiger partial charge in [0.05, 0.1) is 16.8 Å². The fraction of sp³-hybridized carbons (Fsp3) is 0.0189. The van der Waals surface area contributed by atoms with E-state index in [9.17, 15) is 0 Å². The summed E-state index contributed by atoms with van der Waals surface area (Å²) in [4.78, 5) is 10.5. The van der Waals surface area contributed by atoms with Gasteiger partial charge in [0.1, 0.15) is 0 Å². The highest BCUT2D eigenvalue weighted by Gasteiger charge is 2.46. The largest absolute Gasteiger partial charge is 0.228 e. The van der Waals surface area contributed by atoms with E-state index in [1.165, 1.54) is 64.7 Å². The summed E-state index contributed by atoms with van der Waals surface area (Å²) in [7, 11) is 0. The molecule has 0 aliphatic heterocycles. The van der Waals surface area contributed by atoms with Crippen LogP contribution in [0.3, 0.4) is 0 Å². The van der Waals surface area contributed by atoms with Crippen molar-refractivity contribution in [3.05, 3.63) is 229 Å². The Bertz CT molecular complexity index is 3020. The van der Waals surface area contributed by atoms with E-state index in [2.05, 4.69) is 188 Å². The quantitative estimate of drug-likeness (QED) is 0.170. The Hall–Kier alpha value is -6.94. The third kappa shape index (κ3) is 5.16.